The van der Waals surface area contributed by atoms with Gasteiger partial charge in [0.2, 0.25) is 0 Å². The number of hydrogen-bond donors (Lipinski definition) is 2. The van der Waals surface area contributed by atoms with E-state index in [1.165, 1.54) is 0 Å². The molecule has 0 saturated carbocycles. The smallest absolute Gasteiger partial charge is 0.107 e. The quantitative estimate of drug-likeness (QED) is 0.739. The summed E-state index contributed by atoms with van der Waals surface area (Å²) in [5.41, 5.74) is 0.428. The maximum absolute atomic E-state index is 9.86. The van der Waals surface area contributed by atoms with Crippen LogP contribution in [0.2, 0.25) is 0 Å². The molecule has 0 aromatic carbocycles. The second-order valence-electron chi connectivity index (χ2n) is 3.23. The van der Waals surface area contributed by atoms with E-state index in [1.54, 1.807) is 19.9 Å². The second-order valence-corrected chi connectivity index (χ2v) is 4.09. The van der Waals surface area contributed by atoms with Gasteiger partial charge in [0.25, 0.3) is 0 Å². The highest BCUT2D eigenvalue weighted by Crippen LogP contribution is 2.28. The topological polar surface area (TPSA) is 40.5 Å². The average molecular weight is 253 g/mol. The van der Waals surface area contributed by atoms with E-state index in [1.807, 2.05) is 6.92 Å². The summed E-state index contributed by atoms with van der Waals surface area (Å²) in [5.74, 6) is 0. The number of rotatable bonds is 5. The largest absolute Gasteiger partial charge is 0.390 e. The number of allylic oxidation sites excluding steroid dienone is 2. The molecule has 0 fully saturated rings. The minimum absolute atomic E-state index is 0.391. The number of halogens is 2. The lowest BCUT2D eigenvalue weighted by molar-refractivity contribution is 0.0411. The first-order valence-corrected chi connectivity index (χ1v) is 5.81. The summed E-state index contributed by atoms with van der Waals surface area (Å²) in [6.45, 7) is 5.41. The van der Waals surface area contributed by atoms with E-state index < -0.39 is 12.2 Å². The van der Waals surface area contributed by atoms with Crippen LogP contribution in [0.25, 0.3) is 0 Å². The van der Waals surface area contributed by atoms with Crippen molar-refractivity contribution in [3.05, 3.63) is 21.7 Å². The molecule has 0 aromatic heterocycles. The molecule has 0 spiro atoms. The van der Waals surface area contributed by atoms with Crippen LogP contribution in [0.4, 0.5) is 0 Å². The monoisotopic (exact) mass is 252 g/mol. The first-order valence-electron chi connectivity index (χ1n) is 5.06. The third kappa shape index (κ3) is 4.15. The van der Waals surface area contributed by atoms with Crippen LogP contribution in [0, 0.1) is 0 Å². The summed E-state index contributed by atoms with van der Waals surface area (Å²) >= 11 is 11.9. The predicted octanol–water partition coefficient (Wildman–Crippen LogP) is 3.16. The normalized spacial score (nSPS) is 18.5. The fourth-order valence-electron chi connectivity index (χ4n) is 1.19. The van der Waals surface area contributed by atoms with Gasteiger partial charge < -0.3 is 10.2 Å². The molecule has 2 nitrogen and oxygen atoms in total. The Morgan fingerprint density at radius 1 is 1.27 bits per heavy atom. The van der Waals surface area contributed by atoms with Crippen molar-refractivity contribution in [3.8, 4) is 0 Å². The average Bonchev–Trinajstić information content (AvgIpc) is 2.27. The molecule has 0 unspecified atom stereocenters. The summed E-state index contributed by atoms with van der Waals surface area (Å²) in [4.78, 5) is 0. The zero-order chi connectivity index (χ0) is 12.0. The van der Waals surface area contributed by atoms with E-state index in [9.17, 15) is 10.2 Å². The van der Waals surface area contributed by atoms with Gasteiger partial charge in [-0.1, -0.05) is 43.1 Å². The Morgan fingerprint density at radius 2 is 1.80 bits per heavy atom. The molecule has 88 valence electrons. The first kappa shape index (κ1) is 15.0. The Morgan fingerprint density at radius 3 is 2.13 bits per heavy atom. The number of aliphatic hydroxyl groups excluding tert-OH is 2. The van der Waals surface area contributed by atoms with Crippen molar-refractivity contribution in [2.24, 2.45) is 0 Å². The minimum Gasteiger partial charge on any atom is -0.390 e. The van der Waals surface area contributed by atoms with E-state index in [-0.39, 0.29) is 0 Å². The molecule has 2 N–H and O–H groups in total. The Bertz CT molecular complexity index is 259. The highest BCUT2D eigenvalue weighted by molar-refractivity contribution is 6.35. The fraction of sp³-hybridized carbons (Fsp3) is 0.636. The van der Waals surface area contributed by atoms with E-state index in [0.29, 0.717) is 28.5 Å². The van der Waals surface area contributed by atoms with Gasteiger partial charge in [0.1, 0.15) is 6.10 Å². The molecule has 0 aliphatic rings. The van der Waals surface area contributed by atoms with Crippen LogP contribution in [0.15, 0.2) is 21.7 Å². The molecule has 0 amide bonds. The minimum atomic E-state index is -1.02. The molecular weight excluding hydrogens is 235 g/mol. The van der Waals surface area contributed by atoms with Gasteiger partial charge in [-0.3, -0.25) is 0 Å². The summed E-state index contributed by atoms with van der Waals surface area (Å²) in [7, 11) is 0. The van der Waals surface area contributed by atoms with Crippen molar-refractivity contribution in [1.29, 1.82) is 0 Å². The van der Waals surface area contributed by atoms with Crippen LogP contribution in [0.5, 0.6) is 0 Å². The summed E-state index contributed by atoms with van der Waals surface area (Å²) in [6.07, 6.45) is 0.821. The molecule has 15 heavy (non-hydrogen) atoms. The zero-order valence-electron chi connectivity index (χ0n) is 9.30. The van der Waals surface area contributed by atoms with Crippen LogP contribution >= 0.6 is 23.2 Å². The highest BCUT2D eigenvalue weighted by Gasteiger charge is 2.23. The van der Waals surface area contributed by atoms with Gasteiger partial charge >= 0.3 is 0 Å². The molecule has 0 aliphatic heterocycles. The van der Waals surface area contributed by atoms with Gasteiger partial charge in [-0.2, -0.15) is 0 Å². The van der Waals surface area contributed by atoms with Crippen molar-refractivity contribution in [2.75, 3.05) is 0 Å². The van der Waals surface area contributed by atoms with Crippen LogP contribution < -0.4 is 0 Å². The molecule has 2 atom stereocenters. The second kappa shape index (κ2) is 7.29. The molecule has 0 aromatic rings. The number of aliphatic hydroxyl groups is 2. The third-order valence-electron chi connectivity index (χ3n) is 2.19. The summed E-state index contributed by atoms with van der Waals surface area (Å²) in [6, 6.07) is 0. The Kier molecular flexibility index (Phi) is 7.28. The van der Waals surface area contributed by atoms with Gasteiger partial charge in [0.05, 0.1) is 6.10 Å². The standard InChI is InChI=1S/C11H18Cl2O2/c1-4-7(12)10(8(13)5-2)11(15)9(14)6-3/h4,9,11,14-15H,5-6H2,1-3H3/b7-4+,10-8-/t9-,11+/m0/s1. The zero-order valence-corrected chi connectivity index (χ0v) is 10.8. The first-order chi connectivity index (χ1) is 6.99. The molecule has 0 heterocycles. The van der Waals surface area contributed by atoms with Crippen molar-refractivity contribution < 1.29 is 10.2 Å². The lowest BCUT2D eigenvalue weighted by atomic mass is 10.0. The molecule has 0 saturated heterocycles. The Labute approximate surface area is 101 Å². The molecule has 0 rings (SSSR count). The van der Waals surface area contributed by atoms with Gasteiger partial charge in [0.15, 0.2) is 0 Å². The van der Waals surface area contributed by atoms with E-state index in [0.717, 1.165) is 0 Å². The van der Waals surface area contributed by atoms with Gasteiger partial charge in [-0.25, -0.2) is 0 Å². The molecule has 0 aliphatic carbocycles. The maximum atomic E-state index is 9.86. The maximum Gasteiger partial charge on any atom is 0.107 e. The molecule has 0 bridgehead atoms. The van der Waals surface area contributed by atoms with E-state index >= 15 is 0 Å². The molecule has 0 radical (unpaired) electrons. The SMILES string of the molecule is C/C=C(Cl)\C(=C(\Cl)CC)[C@H](O)[C@@H](O)CC. The summed E-state index contributed by atoms with van der Waals surface area (Å²) in [5, 5.41) is 20.3. The van der Waals surface area contributed by atoms with Gasteiger partial charge in [0, 0.05) is 15.6 Å². The van der Waals surface area contributed by atoms with Crippen LogP contribution in [-0.4, -0.2) is 22.4 Å². The molecular formula is C11H18Cl2O2. The van der Waals surface area contributed by atoms with Gasteiger partial charge in [-0.05, 0) is 19.8 Å². The predicted molar refractivity (Wildman–Crippen MR) is 65.1 cm³/mol. The lowest BCUT2D eigenvalue weighted by Crippen LogP contribution is -2.28. The summed E-state index contributed by atoms with van der Waals surface area (Å²) < 4.78 is 0. The lowest BCUT2D eigenvalue weighted by Gasteiger charge is -2.20. The van der Waals surface area contributed by atoms with Crippen LogP contribution in [-0.2, 0) is 0 Å². The fourth-order valence-corrected chi connectivity index (χ4v) is 1.68. The number of hydrogen-bond acceptors (Lipinski definition) is 2. The van der Waals surface area contributed by atoms with Crippen LogP contribution in [0.1, 0.15) is 33.6 Å². The van der Waals surface area contributed by atoms with Crippen molar-refractivity contribution in [3.63, 3.8) is 0 Å². The highest BCUT2D eigenvalue weighted by atomic mass is 35.5. The van der Waals surface area contributed by atoms with Crippen molar-refractivity contribution >= 4 is 23.2 Å². The van der Waals surface area contributed by atoms with Crippen LogP contribution in [0.3, 0.4) is 0 Å². The van der Waals surface area contributed by atoms with Crippen molar-refractivity contribution in [2.45, 2.75) is 45.8 Å². The van der Waals surface area contributed by atoms with Gasteiger partial charge in [-0.15, -0.1) is 0 Å². The third-order valence-corrected chi connectivity index (χ3v) is 3.08. The Balaban J connectivity index is 5.14. The van der Waals surface area contributed by atoms with E-state index in [2.05, 4.69) is 0 Å². The van der Waals surface area contributed by atoms with Crippen molar-refractivity contribution in [1.82, 2.24) is 0 Å². The van der Waals surface area contributed by atoms with E-state index in [4.69, 9.17) is 23.2 Å². The Hall–Kier alpha value is -0.0200. The molecule has 4 heteroatoms.